The first-order valence-electron chi connectivity index (χ1n) is 15.8. The summed E-state index contributed by atoms with van der Waals surface area (Å²) in [5.74, 6) is 2.20. The Kier molecular flexibility index (Phi) is 8.96. The maximum Gasteiger partial charge on any atom is 0.279 e. The van der Waals surface area contributed by atoms with Crippen LogP contribution in [0.2, 0.25) is 0 Å². The fraction of sp³-hybridized carbons (Fsp3) is 0.818. The first-order chi connectivity index (χ1) is 17.7. The molecule has 4 nitrogen and oxygen atoms in total. The number of nitrogens with zero attached hydrogens (tertiary/aromatic N) is 1. The van der Waals surface area contributed by atoms with E-state index in [4.69, 9.17) is 0 Å². The minimum atomic E-state index is -0.117. The van der Waals surface area contributed by atoms with Gasteiger partial charge in [0.15, 0.2) is 5.88 Å². The summed E-state index contributed by atoms with van der Waals surface area (Å²) < 4.78 is 0. The summed E-state index contributed by atoms with van der Waals surface area (Å²) in [6.07, 6.45) is 17.9. The lowest BCUT2D eigenvalue weighted by molar-refractivity contribution is 0.100. The molecule has 0 aromatic carbocycles. The third-order valence-corrected chi connectivity index (χ3v) is 11.9. The summed E-state index contributed by atoms with van der Waals surface area (Å²) in [6.45, 7) is 14.3. The van der Waals surface area contributed by atoms with Crippen LogP contribution >= 0.6 is 0 Å². The lowest BCUT2D eigenvalue weighted by atomic mass is 9.67. The summed E-state index contributed by atoms with van der Waals surface area (Å²) in [7, 11) is 0. The highest BCUT2D eigenvalue weighted by Gasteiger charge is 2.40. The number of hydrogen-bond donors (Lipinski definition) is 2. The maximum absolute atomic E-state index is 13.3. The predicted octanol–water partition coefficient (Wildman–Crippen LogP) is 9.57. The van der Waals surface area contributed by atoms with Crippen molar-refractivity contribution in [3.05, 3.63) is 16.8 Å². The molecule has 2 aliphatic carbocycles. The predicted molar refractivity (Wildman–Crippen MR) is 155 cm³/mol. The van der Waals surface area contributed by atoms with Crippen molar-refractivity contribution < 1.29 is 9.90 Å². The molecule has 2 atom stereocenters. The van der Waals surface area contributed by atoms with Gasteiger partial charge in [-0.1, -0.05) is 86.5 Å². The molecule has 1 amide bonds. The van der Waals surface area contributed by atoms with E-state index in [1.54, 1.807) is 0 Å². The normalized spacial score (nSPS) is 27.8. The monoisotopic (exact) mass is 510 g/mol. The van der Waals surface area contributed by atoms with Crippen LogP contribution in [0.15, 0.2) is 4.99 Å². The van der Waals surface area contributed by atoms with E-state index in [2.05, 4.69) is 51.5 Å². The van der Waals surface area contributed by atoms with E-state index in [1.807, 2.05) is 0 Å². The summed E-state index contributed by atoms with van der Waals surface area (Å²) >= 11 is 0. The molecule has 4 heteroatoms. The Morgan fingerprint density at radius 2 is 1.22 bits per heavy atom. The number of nitrogens with one attached hydrogen (secondary N) is 1. The molecular weight excluding hydrogens is 456 g/mol. The number of aliphatic imine (C=N–C) groups is 1. The number of hydrogen-bond acceptors (Lipinski definition) is 2. The molecule has 2 unspecified atom stereocenters. The molecule has 0 spiro atoms. The Morgan fingerprint density at radius 3 is 1.73 bits per heavy atom. The van der Waals surface area contributed by atoms with Crippen LogP contribution in [0.25, 0.3) is 0 Å². The number of H-pyrrole nitrogens is 1. The van der Waals surface area contributed by atoms with Gasteiger partial charge in [-0.2, -0.15) is 0 Å². The molecule has 1 aromatic heterocycles. The van der Waals surface area contributed by atoms with Crippen molar-refractivity contribution in [2.24, 2.45) is 33.6 Å². The van der Waals surface area contributed by atoms with Gasteiger partial charge in [-0.15, -0.1) is 0 Å². The third-order valence-electron chi connectivity index (χ3n) is 11.9. The van der Waals surface area contributed by atoms with Gasteiger partial charge in [0.1, 0.15) is 0 Å². The van der Waals surface area contributed by atoms with Crippen molar-refractivity contribution in [1.82, 2.24) is 4.98 Å². The second-order valence-corrected chi connectivity index (χ2v) is 13.3. The summed E-state index contributed by atoms with van der Waals surface area (Å²) in [5.41, 5.74) is 4.15. The van der Waals surface area contributed by atoms with Gasteiger partial charge in [0.2, 0.25) is 0 Å². The van der Waals surface area contributed by atoms with Crippen molar-refractivity contribution in [3.63, 3.8) is 0 Å². The fourth-order valence-electron chi connectivity index (χ4n) is 8.22. The van der Waals surface area contributed by atoms with Crippen LogP contribution in [0.5, 0.6) is 5.88 Å². The van der Waals surface area contributed by atoms with Gasteiger partial charge in [0, 0.05) is 11.6 Å². The highest BCUT2D eigenvalue weighted by molar-refractivity contribution is 6.24. The van der Waals surface area contributed by atoms with E-state index >= 15 is 0 Å². The van der Waals surface area contributed by atoms with Crippen LogP contribution in [0.3, 0.4) is 0 Å². The van der Waals surface area contributed by atoms with Crippen LogP contribution in [0.1, 0.15) is 165 Å². The highest BCUT2D eigenvalue weighted by Crippen LogP contribution is 2.48. The second kappa shape index (κ2) is 11.7. The zero-order valence-corrected chi connectivity index (χ0v) is 24.7. The Morgan fingerprint density at radius 1 is 0.730 bits per heavy atom. The van der Waals surface area contributed by atoms with Gasteiger partial charge in [-0.05, 0) is 80.0 Å². The van der Waals surface area contributed by atoms with Crippen LogP contribution in [-0.4, -0.2) is 21.7 Å². The van der Waals surface area contributed by atoms with Crippen LogP contribution < -0.4 is 0 Å². The molecule has 2 fully saturated rings. The van der Waals surface area contributed by atoms with Crippen molar-refractivity contribution in [2.75, 3.05) is 0 Å². The molecule has 37 heavy (non-hydrogen) atoms. The molecule has 4 rings (SSSR count). The quantitative estimate of drug-likeness (QED) is 0.342. The molecule has 0 radical (unpaired) electrons. The third kappa shape index (κ3) is 5.46. The van der Waals surface area contributed by atoms with Gasteiger partial charge in [0.25, 0.3) is 5.91 Å². The molecule has 208 valence electrons. The van der Waals surface area contributed by atoms with Crippen molar-refractivity contribution in [1.29, 1.82) is 0 Å². The Hall–Kier alpha value is -1.58. The van der Waals surface area contributed by atoms with Crippen LogP contribution in [0.4, 0.5) is 0 Å². The van der Waals surface area contributed by atoms with Gasteiger partial charge in [-0.3, -0.25) is 4.79 Å². The largest absolute Gasteiger partial charge is 0.494 e. The van der Waals surface area contributed by atoms with Crippen molar-refractivity contribution in [2.45, 2.75) is 144 Å². The number of rotatable bonds is 8. The van der Waals surface area contributed by atoms with Gasteiger partial charge in [0.05, 0.1) is 16.8 Å². The van der Waals surface area contributed by atoms with E-state index in [0.717, 1.165) is 54.5 Å². The fourth-order valence-corrected chi connectivity index (χ4v) is 8.22. The topological polar surface area (TPSA) is 65.4 Å². The van der Waals surface area contributed by atoms with E-state index in [0.29, 0.717) is 22.3 Å². The molecule has 2 saturated carbocycles. The maximum atomic E-state index is 13.3. The smallest absolute Gasteiger partial charge is 0.279 e. The average Bonchev–Trinajstić information content (AvgIpc) is 3.29. The van der Waals surface area contributed by atoms with E-state index in [9.17, 15) is 9.90 Å². The number of carbonyl (C=O) groups is 1. The van der Waals surface area contributed by atoms with Crippen LogP contribution in [0, 0.1) is 28.6 Å². The number of carbonyl (C=O) groups excluding carboxylic acids is 1. The van der Waals surface area contributed by atoms with Gasteiger partial charge >= 0.3 is 0 Å². The molecule has 2 N–H and O–H groups in total. The zero-order valence-electron chi connectivity index (χ0n) is 24.7. The number of aromatic hydroxyl groups is 1. The van der Waals surface area contributed by atoms with Crippen LogP contribution in [-0.2, 0) is 0 Å². The molecule has 1 aromatic rings. The number of aromatic nitrogens is 1. The molecule has 0 saturated heterocycles. The van der Waals surface area contributed by atoms with E-state index in [1.165, 1.54) is 70.6 Å². The van der Waals surface area contributed by atoms with Crippen molar-refractivity contribution in [3.8, 4) is 5.88 Å². The van der Waals surface area contributed by atoms with Crippen molar-refractivity contribution >= 4 is 11.6 Å². The number of amides is 1. The summed E-state index contributed by atoms with van der Waals surface area (Å²) in [6, 6.07) is 0. The van der Waals surface area contributed by atoms with E-state index in [-0.39, 0.29) is 17.7 Å². The molecule has 0 bridgehead atoms. The minimum absolute atomic E-state index is 0.117. The van der Waals surface area contributed by atoms with E-state index < -0.39 is 0 Å². The molecule has 1 aliphatic heterocycles. The van der Waals surface area contributed by atoms with Gasteiger partial charge < -0.3 is 10.1 Å². The Balaban J connectivity index is 1.49. The van der Waals surface area contributed by atoms with Gasteiger partial charge in [-0.25, -0.2) is 4.99 Å². The average molecular weight is 511 g/mol. The highest BCUT2D eigenvalue weighted by atomic mass is 16.3. The molecule has 3 aliphatic rings. The number of aromatic amines is 1. The molecular formula is C33H54N2O2. The zero-order chi connectivity index (χ0) is 26.8. The second-order valence-electron chi connectivity index (χ2n) is 13.3. The Bertz CT molecular complexity index is 955. The Labute approximate surface area is 226 Å². The lowest BCUT2D eigenvalue weighted by Crippen LogP contribution is -2.27. The summed E-state index contributed by atoms with van der Waals surface area (Å²) in [5, 5.41) is 11.1. The first-order valence-corrected chi connectivity index (χ1v) is 15.8. The number of fused-ring (bicyclic) bond motifs is 1. The SMILES string of the molecule is CCC(C)(CC)C1CCCC(c2[nH]c(O)c3c2C(=O)N=C3C2CCCC(C(C)(CC)CC)CC2)CCC1. The molecule has 2 heterocycles. The standard InChI is InChI=1S/C33H54N2O2/c1-7-32(5,8-2)24-17-11-14-22(15-12-18-24)28-26-27(31(37)34-28)29(35-30(26)36)23-16-13-19-25(21-20-23)33(6,9-3)10-4/h22-25,34,37H,7-21H2,1-6H3. The first kappa shape index (κ1) is 28.4. The minimum Gasteiger partial charge on any atom is -0.494 e. The summed E-state index contributed by atoms with van der Waals surface area (Å²) in [4.78, 5) is 21.2. The lowest BCUT2D eigenvalue weighted by Gasteiger charge is -2.38.